The Hall–Kier alpha value is -2.59. The van der Waals surface area contributed by atoms with Crippen LogP contribution in [0.3, 0.4) is 0 Å². The zero-order chi connectivity index (χ0) is 16.2. The molecule has 0 spiro atoms. The molecule has 0 saturated heterocycles. The molecule has 0 aliphatic rings. The molecule has 3 nitrogen and oxygen atoms in total. The lowest BCUT2D eigenvalue weighted by Gasteiger charge is -2.16. The fourth-order valence-electron chi connectivity index (χ4n) is 2.32. The number of hydrogen-bond acceptors (Lipinski definition) is 3. The molecule has 0 fully saturated rings. The number of rotatable bonds is 4. The molecule has 1 aromatic heterocycles. The highest BCUT2D eigenvalue weighted by atomic mass is 32.1. The average Bonchev–Trinajstić information content (AvgIpc) is 3.11. The Kier molecular flexibility index (Phi) is 4.44. The summed E-state index contributed by atoms with van der Waals surface area (Å²) in [5.41, 5.74) is 1.93. The van der Waals surface area contributed by atoms with Crippen LogP contribution in [-0.4, -0.2) is 20.1 Å². The van der Waals surface area contributed by atoms with Crippen LogP contribution in [0.2, 0.25) is 0 Å². The molecule has 4 heteroatoms. The SMILES string of the molecule is COc1cccc(-c2ccc(C(=O)N(C)c3ccccc3)s2)c1. The molecule has 0 unspecified atom stereocenters. The number of methoxy groups -OCH3 is 1. The van der Waals surface area contributed by atoms with Crippen molar-refractivity contribution >= 4 is 22.9 Å². The lowest BCUT2D eigenvalue weighted by atomic mass is 10.2. The van der Waals surface area contributed by atoms with Crippen molar-refractivity contribution < 1.29 is 9.53 Å². The Morgan fingerprint density at radius 3 is 2.52 bits per heavy atom. The number of para-hydroxylation sites is 1. The quantitative estimate of drug-likeness (QED) is 0.696. The zero-order valence-electron chi connectivity index (χ0n) is 13.0. The van der Waals surface area contributed by atoms with Crippen molar-refractivity contribution in [1.82, 2.24) is 0 Å². The van der Waals surface area contributed by atoms with Crippen LogP contribution in [0, 0.1) is 0 Å². The van der Waals surface area contributed by atoms with E-state index in [4.69, 9.17) is 4.74 Å². The van der Waals surface area contributed by atoms with E-state index in [9.17, 15) is 4.79 Å². The molecule has 0 radical (unpaired) electrons. The van der Waals surface area contributed by atoms with Gasteiger partial charge in [0, 0.05) is 17.6 Å². The summed E-state index contributed by atoms with van der Waals surface area (Å²) < 4.78 is 5.26. The molecule has 0 N–H and O–H groups in total. The largest absolute Gasteiger partial charge is 0.497 e. The lowest BCUT2D eigenvalue weighted by Crippen LogP contribution is -2.25. The number of benzene rings is 2. The number of nitrogens with zero attached hydrogens (tertiary/aromatic N) is 1. The normalized spacial score (nSPS) is 10.3. The van der Waals surface area contributed by atoms with E-state index in [1.807, 2.05) is 66.7 Å². The predicted octanol–water partition coefficient (Wildman–Crippen LogP) is 4.70. The van der Waals surface area contributed by atoms with Crippen molar-refractivity contribution in [3.63, 3.8) is 0 Å². The summed E-state index contributed by atoms with van der Waals surface area (Å²) >= 11 is 1.49. The van der Waals surface area contributed by atoms with E-state index >= 15 is 0 Å². The van der Waals surface area contributed by atoms with Gasteiger partial charge in [-0.05, 0) is 42.0 Å². The van der Waals surface area contributed by atoms with Crippen molar-refractivity contribution in [2.24, 2.45) is 0 Å². The van der Waals surface area contributed by atoms with E-state index < -0.39 is 0 Å². The van der Waals surface area contributed by atoms with Crippen molar-refractivity contribution in [2.75, 3.05) is 19.1 Å². The van der Waals surface area contributed by atoms with Crippen LogP contribution >= 0.6 is 11.3 Å². The minimum atomic E-state index is -0.00431. The Labute approximate surface area is 139 Å². The van der Waals surface area contributed by atoms with Crippen LogP contribution in [0.4, 0.5) is 5.69 Å². The van der Waals surface area contributed by atoms with Gasteiger partial charge in [0.25, 0.3) is 5.91 Å². The summed E-state index contributed by atoms with van der Waals surface area (Å²) in [6, 6.07) is 21.3. The first-order valence-corrected chi connectivity index (χ1v) is 8.08. The first-order valence-electron chi connectivity index (χ1n) is 7.26. The van der Waals surface area contributed by atoms with Gasteiger partial charge in [-0.1, -0.05) is 30.3 Å². The Balaban J connectivity index is 1.85. The number of ether oxygens (including phenoxy) is 1. The summed E-state index contributed by atoms with van der Waals surface area (Å²) in [4.78, 5) is 16.1. The topological polar surface area (TPSA) is 29.5 Å². The van der Waals surface area contributed by atoms with Crippen molar-refractivity contribution in [2.45, 2.75) is 0 Å². The molecule has 23 heavy (non-hydrogen) atoms. The molecule has 1 amide bonds. The fraction of sp³-hybridized carbons (Fsp3) is 0.105. The third kappa shape index (κ3) is 3.27. The van der Waals surface area contributed by atoms with Crippen LogP contribution in [0.5, 0.6) is 5.75 Å². The highest BCUT2D eigenvalue weighted by Crippen LogP contribution is 2.31. The average molecular weight is 323 g/mol. The van der Waals surface area contributed by atoms with Gasteiger partial charge in [0.2, 0.25) is 0 Å². The minimum absolute atomic E-state index is 0.00431. The number of anilines is 1. The number of amides is 1. The molecule has 116 valence electrons. The van der Waals surface area contributed by atoms with Crippen LogP contribution in [-0.2, 0) is 0 Å². The van der Waals surface area contributed by atoms with Crippen LogP contribution < -0.4 is 9.64 Å². The second kappa shape index (κ2) is 6.67. The molecule has 0 saturated carbocycles. The van der Waals surface area contributed by atoms with Gasteiger partial charge in [0.1, 0.15) is 5.75 Å². The number of carbonyl (C=O) groups is 1. The van der Waals surface area contributed by atoms with Crippen molar-refractivity contribution in [3.8, 4) is 16.2 Å². The summed E-state index contributed by atoms with van der Waals surface area (Å²) in [5.74, 6) is 0.806. The molecule has 3 rings (SSSR count). The van der Waals surface area contributed by atoms with Gasteiger partial charge < -0.3 is 9.64 Å². The number of carbonyl (C=O) groups excluding carboxylic acids is 1. The van der Waals surface area contributed by atoms with Gasteiger partial charge in [-0.3, -0.25) is 4.79 Å². The summed E-state index contributed by atoms with van der Waals surface area (Å²) in [6.07, 6.45) is 0. The Morgan fingerprint density at radius 1 is 1.00 bits per heavy atom. The van der Waals surface area contributed by atoms with Crippen LogP contribution in [0.25, 0.3) is 10.4 Å². The zero-order valence-corrected chi connectivity index (χ0v) is 13.8. The van der Waals surface area contributed by atoms with E-state index in [0.717, 1.165) is 21.9 Å². The number of hydrogen-bond donors (Lipinski definition) is 0. The molecule has 2 aromatic carbocycles. The second-order valence-corrected chi connectivity index (χ2v) is 6.18. The molecular formula is C19H17NO2S. The highest BCUT2D eigenvalue weighted by molar-refractivity contribution is 7.17. The summed E-state index contributed by atoms with van der Waals surface area (Å²) in [6.45, 7) is 0. The van der Waals surface area contributed by atoms with Gasteiger partial charge in [-0.2, -0.15) is 0 Å². The lowest BCUT2D eigenvalue weighted by molar-refractivity contribution is 0.0997. The van der Waals surface area contributed by atoms with Gasteiger partial charge >= 0.3 is 0 Å². The smallest absolute Gasteiger partial charge is 0.268 e. The maximum absolute atomic E-state index is 12.6. The third-order valence-electron chi connectivity index (χ3n) is 3.62. The molecule has 1 heterocycles. The molecule has 0 atom stereocenters. The molecule has 3 aromatic rings. The first-order chi connectivity index (χ1) is 11.2. The van der Waals surface area contributed by atoms with E-state index in [2.05, 4.69) is 0 Å². The standard InChI is InChI=1S/C19H17NO2S/c1-20(15-8-4-3-5-9-15)19(21)18-12-11-17(23-18)14-7-6-10-16(13-14)22-2/h3-13H,1-2H3. The monoisotopic (exact) mass is 323 g/mol. The van der Waals surface area contributed by atoms with Crippen molar-refractivity contribution in [1.29, 1.82) is 0 Å². The van der Waals surface area contributed by atoms with Crippen LogP contribution in [0.1, 0.15) is 9.67 Å². The maximum atomic E-state index is 12.6. The summed E-state index contributed by atoms with van der Waals surface area (Å²) in [7, 11) is 3.44. The summed E-state index contributed by atoms with van der Waals surface area (Å²) in [5, 5.41) is 0. The van der Waals surface area contributed by atoms with Gasteiger partial charge in [-0.15, -0.1) is 11.3 Å². The first kappa shape index (κ1) is 15.3. The molecule has 0 bridgehead atoms. The second-order valence-electron chi connectivity index (χ2n) is 5.10. The predicted molar refractivity (Wildman–Crippen MR) is 95.5 cm³/mol. The number of thiophene rings is 1. The Bertz CT molecular complexity index is 811. The van der Waals surface area contributed by atoms with Crippen LogP contribution in [0.15, 0.2) is 66.7 Å². The Morgan fingerprint density at radius 2 is 1.78 bits per heavy atom. The molecule has 0 aliphatic heterocycles. The van der Waals surface area contributed by atoms with E-state index in [1.54, 1.807) is 19.1 Å². The van der Waals surface area contributed by atoms with Gasteiger partial charge in [0.15, 0.2) is 0 Å². The minimum Gasteiger partial charge on any atom is -0.497 e. The van der Waals surface area contributed by atoms with E-state index in [-0.39, 0.29) is 5.91 Å². The van der Waals surface area contributed by atoms with E-state index in [1.165, 1.54) is 11.3 Å². The fourth-order valence-corrected chi connectivity index (χ4v) is 3.30. The van der Waals surface area contributed by atoms with E-state index in [0.29, 0.717) is 4.88 Å². The molecular weight excluding hydrogens is 306 g/mol. The molecule has 0 aliphatic carbocycles. The van der Waals surface area contributed by atoms with Gasteiger partial charge in [-0.25, -0.2) is 0 Å². The highest BCUT2D eigenvalue weighted by Gasteiger charge is 2.16. The van der Waals surface area contributed by atoms with Gasteiger partial charge in [0.05, 0.1) is 12.0 Å². The van der Waals surface area contributed by atoms with Crippen molar-refractivity contribution in [3.05, 3.63) is 71.6 Å². The third-order valence-corrected chi connectivity index (χ3v) is 4.74. The maximum Gasteiger partial charge on any atom is 0.268 e.